The van der Waals surface area contributed by atoms with Gasteiger partial charge in [0.2, 0.25) is 5.95 Å². The molecule has 0 atom stereocenters. The maximum Gasteiger partial charge on any atom is 0.201 e. The molecular weight excluding hydrogens is 298 g/mol. The average Bonchev–Trinajstić information content (AvgIpc) is 2.61. The number of imidazole rings is 1. The molecule has 0 fully saturated rings. The summed E-state index contributed by atoms with van der Waals surface area (Å²) in [5.74, 6) is 2.95. The molecule has 0 radical (unpaired) electrons. The van der Waals surface area contributed by atoms with E-state index in [1.807, 2.05) is 23.9 Å². The first-order valence-electron chi connectivity index (χ1n) is 5.71. The summed E-state index contributed by atoms with van der Waals surface area (Å²) in [5, 5.41) is 0. The van der Waals surface area contributed by atoms with Gasteiger partial charge in [-0.25, -0.2) is 4.98 Å². The third-order valence-electron chi connectivity index (χ3n) is 2.61. The van der Waals surface area contributed by atoms with E-state index in [0.29, 0.717) is 5.95 Å². The highest BCUT2D eigenvalue weighted by molar-refractivity contribution is 9.10. The van der Waals surface area contributed by atoms with Crippen molar-refractivity contribution < 1.29 is 0 Å². The zero-order valence-electron chi connectivity index (χ0n) is 9.82. The number of thioether (sulfide) groups is 1. The van der Waals surface area contributed by atoms with E-state index >= 15 is 0 Å². The van der Waals surface area contributed by atoms with Crippen LogP contribution in [0.25, 0.3) is 11.0 Å². The Balaban J connectivity index is 2.20. The zero-order valence-corrected chi connectivity index (χ0v) is 12.2. The minimum absolute atomic E-state index is 0.611. The van der Waals surface area contributed by atoms with Crippen molar-refractivity contribution in [3.63, 3.8) is 0 Å². The molecular formula is C12H16BrN3S. The number of anilines is 1. The Kier molecular flexibility index (Phi) is 4.34. The van der Waals surface area contributed by atoms with E-state index in [4.69, 9.17) is 5.73 Å². The van der Waals surface area contributed by atoms with E-state index in [1.54, 1.807) is 0 Å². The quantitative estimate of drug-likeness (QED) is 0.859. The highest BCUT2D eigenvalue weighted by Crippen LogP contribution is 2.22. The van der Waals surface area contributed by atoms with E-state index in [1.165, 1.54) is 11.5 Å². The molecule has 2 N–H and O–H groups in total. The summed E-state index contributed by atoms with van der Waals surface area (Å²) < 4.78 is 3.16. The van der Waals surface area contributed by atoms with Crippen molar-refractivity contribution in [2.24, 2.45) is 0 Å². The van der Waals surface area contributed by atoms with Gasteiger partial charge in [0.25, 0.3) is 0 Å². The van der Waals surface area contributed by atoms with Crippen LogP contribution in [0.2, 0.25) is 0 Å². The van der Waals surface area contributed by atoms with Gasteiger partial charge in [0.15, 0.2) is 0 Å². The number of halogens is 1. The molecule has 0 bridgehead atoms. The van der Waals surface area contributed by atoms with E-state index in [0.717, 1.165) is 28.5 Å². The molecule has 3 nitrogen and oxygen atoms in total. The fraction of sp³-hybridized carbons (Fsp3) is 0.417. The predicted molar refractivity (Wildman–Crippen MR) is 79.5 cm³/mol. The van der Waals surface area contributed by atoms with Crippen molar-refractivity contribution in [2.45, 2.75) is 19.9 Å². The summed E-state index contributed by atoms with van der Waals surface area (Å²) in [6.45, 7) is 3.12. The Morgan fingerprint density at radius 3 is 3.06 bits per heavy atom. The van der Waals surface area contributed by atoms with Gasteiger partial charge in [-0.05, 0) is 36.1 Å². The van der Waals surface area contributed by atoms with Crippen LogP contribution in [0.4, 0.5) is 5.95 Å². The van der Waals surface area contributed by atoms with Crippen LogP contribution < -0.4 is 5.73 Å². The highest BCUT2D eigenvalue weighted by Gasteiger charge is 2.07. The lowest BCUT2D eigenvalue weighted by Gasteiger charge is -2.06. The van der Waals surface area contributed by atoms with Gasteiger partial charge in [0, 0.05) is 11.0 Å². The van der Waals surface area contributed by atoms with Gasteiger partial charge in [0.05, 0.1) is 11.0 Å². The van der Waals surface area contributed by atoms with Crippen molar-refractivity contribution in [3.05, 3.63) is 22.7 Å². The Labute approximate surface area is 114 Å². The van der Waals surface area contributed by atoms with Crippen molar-refractivity contribution in [1.29, 1.82) is 0 Å². The van der Waals surface area contributed by atoms with Gasteiger partial charge in [0.1, 0.15) is 0 Å². The van der Waals surface area contributed by atoms with Crippen LogP contribution in [0.3, 0.4) is 0 Å². The predicted octanol–water partition coefficient (Wildman–Crippen LogP) is 3.52. The smallest absolute Gasteiger partial charge is 0.201 e. The molecule has 0 amide bonds. The summed E-state index contributed by atoms with van der Waals surface area (Å²) in [4.78, 5) is 4.37. The second kappa shape index (κ2) is 5.78. The topological polar surface area (TPSA) is 43.8 Å². The second-order valence-electron chi connectivity index (χ2n) is 3.81. The third-order valence-corrected chi connectivity index (χ3v) is 4.09. The van der Waals surface area contributed by atoms with Crippen molar-refractivity contribution >= 4 is 44.7 Å². The zero-order chi connectivity index (χ0) is 12.3. The van der Waals surface area contributed by atoms with E-state index < -0.39 is 0 Å². The largest absolute Gasteiger partial charge is 0.369 e. The van der Waals surface area contributed by atoms with Crippen LogP contribution in [-0.4, -0.2) is 21.1 Å². The molecule has 0 unspecified atom stereocenters. The molecule has 0 spiro atoms. The van der Waals surface area contributed by atoms with Gasteiger partial charge in [-0.1, -0.05) is 22.9 Å². The van der Waals surface area contributed by atoms with Gasteiger partial charge in [-0.2, -0.15) is 11.8 Å². The number of rotatable bonds is 5. The molecule has 1 heterocycles. The second-order valence-corrected chi connectivity index (χ2v) is 6.11. The SMILES string of the molecule is CCSCCCn1c(N)nc2ccc(Br)cc21. The summed E-state index contributed by atoms with van der Waals surface area (Å²) >= 11 is 5.44. The summed E-state index contributed by atoms with van der Waals surface area (Å²) in [6, 6.07) is 6.06. The lowest BCUT2D eigenvalue weighted by Crippen LogP contribution is -2.04. The molecule has 0 saturated carbocycles. The van der Waals surface area contributed by atoms with Crippen molar-refractivity contribution in [3.8, 4) is 0 Å². The molecule has 0 saturated heterocycles. The number of fused-ring (bicyclic) bond motifs is 1. The molecule has 1 aromatic heterocycles. The standard InChI is InChI=1S/C12H16BrN3S/c1-2-17-7-3-6-16-11-8-9(13)4-5-10(11)15-12(16)14/h4-5,8H,2-3,6-7H2,1H3,(H2,14,15). The first-order valence-corrected chi connectivity index (χ1v) is 7.66. The fourth-order valence-electron chi connectivity index (χ4n) is 1.82. The number of aromatic nitrogens is 2. The number of aryl methyl sites for hydroxylation is 1. The number of hydrogen-bond acceptors (Lipinski definition) is 3. The van der Waals surface area contributed by atoms with Crippen LogP contribution in [0, 0.1) is 0 Å². The van der Waals surface area contributed by atoms with Crippen LogP contribution in [-0.2, 0) is 6.54 Å². The number of benzene rings is 1. The molecule has 0 aliphatic rings. The molecule has 92 valence electrons. The Hall–Kier alpha value is -0.680. The number of nitrogens with zero attached hydrogens (tertiary/aromatic N) is 2. The molecule has 1 aromatic carbocycles. The van der Waals surface area contributed by atoms with Gasteiger partial charge in [-0.15, -0.1) is 0 Å². The summed E-state index contributed by atoms with van der Waals surface area (Å²) in [5.41, 5.74) is 8.02. The third kappa shape index (κ3) is 2.96. The maximum atomic E-state index is 5.95. The lowest BCUT2D eigenvalue weighted by atomic mass is 10.3. The number of nitrogen functional groups attached to an aromatic ring is 1. The number of hydrogen-bond donors (Lipinski definition) is 1. The van der Waals surface area contributed by atoms with E-state index in [9.17, 15) is 0 Å². The normalized spacial score (nSPS) is 11.2. The number of nitrogens with two attached hydrogens (primary N) is 1. The van der Waals surface area contributed by atoms with Crippen LogP contribution in [0.15, 0.2) is 22.7 Å². The Bertz CT molecular complexity index is 510. The Morgan fingerprint density at radius 1 is 1.47 bits per heavy atom. The van der Waals surface area contributed by atoms with Crippen molar-refractivity contribution in [2.75, 3.05) is 17.2 Å². The molecule has 0 aliphatic heterocycles. The minimum Gasteiger partial charge on any atom is -0.369 e. The van der Waals surface area contributed by atoms with Crippen molar-refractivity contribution in [1.82, 2.24) is 9.55 Å². The first kappa shape index (κ1) is 12.8. The average molecular weight is 314 g/mol. The van der Waals surface area contributed by atoms with Gasteiger partial charge in [-0.3, -0.25) is 0 Å². The summed E-state index contributed by atoms with van der Waals surface area (Å²) in [6.07, 6.45) is 1.13. The maximum absolute atomic E-state index is 5.95. The van der Waals surface area contributed by atoms with Gasteiger partial charge >= 0.3 is 0 Å². The Morgan fingerprint density at radius 2 is 2.29 bits per heavy atom. The highest BCUT2D eigenvalue weighted by atomic mass is 79.9. The molecule has 17 heavy (non-hydrogen) atoms. The van der Waals surface area contributed by atoms with E-state index in [2.05, 4.69) is 38.5 Å². The van der Waals surface area contributed by atoms with E-state index in [-0.39, 0.29) is 0 Å². The van der Waals surface area contributed by atoms with Gasteiger partial charge < -0.3 is 10.3 Å². The molecule has 5 heteroatoms. The minimum atomic E-state index is 0.611. The fourth-order valence-corrected chi connectivity index (χ4v) is 2.79. The van der Waals surface area contributed by atoms with Crippen LogP contribution >= 0.6 is 27.7 Å². The monoisotopic (exact) mass is 313 g/mol. The molecule has 2 aromatic rings. The van der Waals surface area contributed by atoms with Crippen LogP contribution in [0.1, 0.15) is 13.3 Å². The molecule has 2 rings (SSSR count). The lowest BCUT2D eigenvalue weighted by molar-refractivity contribution is 0.712. The summed E-state index contributed by atoms with van der Waals surface area (Å²) in [7, 11) is 0. The van der Waals surface area contributed by atoms with Crippen LogP contribution in [0.5, 0.6) is 0 Å². The molecule has 0 aliphatic carbocycles. The first-order chi connectivity index (χ1) is 8.22.